The summed E-state index contributed by atoms with van der Waals surface area (Å²) in [6.45, 7) is 2.50. The van der Waals surface area contributed by atoms with Crippen LogP contribution in [-0.2, 0) is 9.59 Å². The van der Waals surface area contributed by atoms with Gasteiger partial charge in [-0.25, -0.2) is 9.37 Å². The second-order valence-corrected chi connectivity index (χ2v) is 8.10. The largest absolute Gasteiger partial charge is 0.480 e. The van der Waals surface area contributed by atoms with Crippen molar-refractivity contribution in [3.63, 3.8) is 0 Å². The van der Waals surface area contributed by atoms with E-state index in [0.29, 0.717) is 47.0 Å². The number of pyridine rings is 1. The Labute approximate surface area is 181 Å². The Morgan fingerprint density at radius 1 is 1.38 bits per heavy atom. The highest BCUT2D eigenvalue weighted by Crippen LogP contribution is 2.27. The molecule has 1 aliphatic rings. The summed E-state index contributed by atoms with van der Waals surface area (Å²) >= 11 is 9.03. The summed E-state index contributed by atoms with van der Waals surface area (Å²) in [6.07, 6.45) is 2.09. The number of carbonyl (C=O) groups excluding carboxylic acids is 2. The third kappa shape index (κ3) is 5.67. The minimum absolute atomic E-state index is 0.188. The number of hydrogen-bond acceptors (Lipinski definition) is 4. The van der Waals surface area contributed by atoms with Gasteiger partial charge in [-0.1, -0.05) is 11.6 Å². The van der Waals surface area contributed by atoms with Gasteiger partial charge in [-0.3, -0.25) is 9.59 Å². The van der Waals surface area contributed by atoms with Crippen LogP contribution in [0.1, 0.15) is 19.8 Å². The standard InChI is InChI=1S/C20H20BrClFN3O3/c1-12(29-17-6-5-15(23)9-16(17)21)20(28)26-8-2-3-13(11-26)19(27)25-18-7-4-14(22)10-24-18/h4-7,9-10,12-13H,2-3,8,11H2,1H3,(H,24,25,27). The van der Waals surface area contributed by atoms with Gasteiger partial charge in [-0.05, 0) is 66.0 Å². The SMILES string of the molecule is CC(Oc1ccc(F)cc1Br)C(=O)N1CCCC(C(=O)Nc2ccc(Cl)cn2)C1. The Bertz CT molecular complexity index is 897. The number of rotatable bonds is 5. The lowest BCUT2D eigenvalue weighted by Gasteiger charge is -2.33. The van der Waals surface area contributed by atoms with E-state index in [1.54, 1.807) is 24.0 Å². The third-order valence-corrected chi connectivity index (χ3v) is 5.47. The number of hydrogen-bond donors (Lipinski definition) is 1. The van der Waals surface area contributed by atoms with Crippen LogP contribution in [0, 0.1) is 11.7 Å². The fourth-order valence-electron chi connectivity index (χ4n) is 3.14. The number of ether oxygens (including phenoxy) is 1. The molecule has 154 valence electrons. The maximum Gasteiger partial charge on any atom is 0.263 e. The molecular formula is C20H20BrClFN3O3. The van der Waals surface area contributed by atoms with Crippen molar-refractivity contribution in [1.29, 1.82) is 0 Å². The molecule has 2 unspecified atom stereocenters. The first-order valence-corrected chi connectivity index (χ1v) is 10.3. The van der Waals surface area contributed by atoms with Crippen LogP contribution >= 0.6 is 27.5 Å². The van der Waals surface area contributed by atoms with Crippen LogP contribution in [0.3, 0.4) is 0 Å². The highest BCUT2D eigenvalue weighted by Gasteiger charge is 2.31. The number of nitrogens with zero attached hydrogens (tertiary/aromatic N) is 2. The Morgan fingerprint density at radius 3 is 2.86 bits per heavy atom. The fourth-order valence-corrected chi connectivity index (χ4v) is 3.69. The number of carbonyl (C=O) groups is 2. The first-order valence-electron chi connectivity index (χ1n) is 9.16. The van der Waals surface area contributed by atoms with Gasteiger partial charge in [-0.15, -0.1) is 0 Å². The Kier molecular flexibility index (Phi) is 7.08. The van der Waals surface area contributed by atoms with E-state index in [4.69, 9.17) is 16.3 Å². The van der Waals surface area contributed by atoms with E-state index in [1.807, 2.05) is 0 Å². The molecule has 2 amide bonds. The minimum Gasteiger partial charge on any atom is -0.480 e. The summed E-state index contributed by atoms with van der Waals surface area (Å²) in [5.41, 5.74) is 0. The molecule has 0 bridgehead atoms. The first kappa shape index (κ1) is 21.5. The van der Waals surface area contributed by atoms with Crippen molar-refractivity contribution in [2.24, 2.45) is 5.92 Å². The number of benzene rings is 1. The topological polar surface area (TPSA) is 71.5 Å². The predicted molar refractivity (Wildman–Crippen MR) is 111 cm³/mol. The van der Waals surface area contributed by atoms with Crippen LogP contribution in [0.5, 0.6) is 5.75 Å². The van der Waals surface area contributed by atoms with Gasteiger partial charge in [0.05, 0.1) is 15.4 Å². The van der Waals surface area contributed by atoms with E-state index in [1.165, 1.54) is 24.4 Å². The zero-order valence-electron chi connectivity index (χ0n) is 15.7. The molecular weight excluding hydrogens is 465 g/mol. The summed E-state index contributed by atoms with van der Waals surface area (Å²) in [6, 6.07) is 7.28. The smallest absolute Gasteiger partial charge is 0.263 e. The van der Waals surface area contributed by atoms with Gasteiger partial charge in [0.1, 0.15) is 17.4 Å². The molecule has 6 nitrogen and oxygen atoms in total. The highest BCUT2D eigenvalue weighted by molar-refractivity contribution is 9.10. The monoisotopic (exact) mass is 483 g/mol. The molecule has 1 aromatic carbocycles. The summed E-state index contributed by atoms with van der Waals surface area (Å²) < 4.78 is 19.3. The van der Waals surface area contributed by atoms with Crippen molar-refractivity contribution >= 4 is 45.2 Å². The first-order chi connectivity index (χ1) is 13.8. The highest BCUT2D eigenvalue weighted by atomic mass is 79.9. The second kappa shape index (κ2) is 9.54. The molecule has 0 aliphatic carbocycles. The third-order valence-electron chi connectivity index (χ3n) is 4.63. The molecule has 0 saturated carbocycles. The van der Waals surface area contributed by atoms with E-state index in [9.17, 15) is 14.0 Å². The van der Waals surface area contributed by atoms with Gasteiger partial charge in [0.2, 0.25) is 5.91 Å². The minimum atomic E-state index is -0.767. The van der Waals surface area contributed by atoms with Crippen LogP contribution in [0.15, 0.2) is 41.0 Å². The summed E-state index contributed by atoms with van der Waals surface area (Å²) in [7, 11) is 0. The van der Waals surface area contributed by atoms with Gasteiger partial charge in [0.15, 0.2) is 6.10 Å². The lowest BCUT2D eigenvalue weighted by atomic mass is 9.96. The van der Waals surface area contributed by atoms with Crippen molar-refractivity contribution in [1.82, 2.24) is 9.88 Å². The summed E-state index contributed by atoms with van der Waals surface area (Å²) in [5.74, 6) is -0.346. The number of aromatic nitrogens is 1. The fraction of sp³-hybridized carbons (Fsp3) is 0.350. The Hall–Kier alpha value is -2.19. The van der Waals surface area contributed by atoms with Crippen molar-refractivity contribution in [3.8, 4) is 5.75 Å². The van der Waals surface area contributed by atoms with Crippen LogP contribution in [0.4, 0.5) is 10.2 Å². The maximum absolute atomic E-state index is 13.2. The molecule has 0 radical (unpaired) electrons. The molecule has 1 fully saturated rings. The summed E-state index contributed by atoms with van der Waals surface area (Å²) in [4.78, 5) is 31.1. The van der Waals surface area contributed by atoms with Gasteiger partial charge < -0.3 is 15.0 Å². The average molecular weight is 485 g/mol. The van der Waals surface area contributed by atoms with Crippen molar-refractivity contribution in [3.05, 3.63) is 51.8 Å². The van der Waals surface area contributed by atoms with Gasteiger partial charge >= 0.3 is 0 Å². The molecule has 1 aliphatic heterocycles. The number of piperidine rings is 1. The van der Waals surface area contributed by atoms with Crippen LogP contribution < -0.4 is 10.1 Å². The van der Waals surface area contributed by atoms with E-state index in [-0.39, 0.29) is 17.7 Å². The molecule has 3 rings (SSSR count). The lowest BCUT2D eigenvalue weighted by molar-refractivity contribution is -0.140. The Morgan fingerprint density at radius 2 is 2.17 bits per heavy atom. The zero-order chi connectivity index (χ0) is 21.0. The van der Waals surface area contributed by atoms with Crippen molar-refractivity contribution < 1.29 is 18.7 Å². The van der Waals surface area contributed by atoms with Crippen molar-refractivity contribution in [2.75, 3.05) is 18.4 Å². The molecule has 2 atom stereocenters. The van der Waals surface area contributed by atoms with E-state index in [2.05, 4.69) is 26.2 Å². The van der Waals surface area contributed by atoms with Crippen LogP contribution in [-0.4, -0.2) is 40.9 Å². The maximum atomic E-state index is 13.2. The van der Waals surface area contributed by atoms with E-state index < -0.39 is 11.9 Å². The number of anilines is 1. The normalized spacial score (nSPS) is 17.5. The molecule has 1 saturated heterocycles. The summed E-state index contributed by atoms with van der Waals surface area (Å²) in [5, 5.41) is 3.25. The number of likely N-dealkylation sites (tertiary alicyclic amines) is 1. The molecule has 2 aromatic rings. The van der Waals surface area contributed by atoms with Gasteiger partial charge in [-0.2, -0.15) is 0 Å². The lowest BCUT2D eigenvalue weighted by Crippen LogP contribution is -2.48. The van der Waals surface area contributed by atoms with E-state index in [0.717, 1.165) is 0 Å². The molecule has 1 N–H and O–H groups in total. The quantitative estimate of drug-likeness (QED) is 0.688. The van der Waals surface area contributed by atoms with Gasteiger partial charge in [0, 0.05) is 19.3 Å². The molecule has 1 aromatic heterocycles. The average Bonchev–Trinajstić information content (AvgIpc) is 2.71. The second-order valence-electron chi connectivity index (χ2n) is 6.81. The molecule has 0 spiro atoms. The molecule has 2 heterocycles. The number of halogens is 3. The van der Waals surface area contributed by atoms with E-state index >= 15 is 0 Å². The van der Waals surface area contributed by atoms with Crippen molar-refractivity contribution in [2.45, 2.75) is 25.9 Å². The zero-order valence-corrected chi connectivity index (χ0v) is 18.0. The van der Waals surface area contributed by atoms with Gasteiger partial charge in [0.25, 0.3) is 5.91 Å². The molecule has 9 heteroatoms. The Balaban J connectivity index is 1.59. The van der Waals surface area contributed by atoms with Crippen LogP contribution in [0.2, 0.25) is 5.02 Å². The number of amides is 2. The molecule has 29 heavy (non-hydrogen) atoms. The number of nitrogens with one attached hydrogen (secondary N) is 1. The van der Waals surface area contributed by atoms with Crippen LogP contribution in [0.25, 0.3) is 0 Å². The predicted octanol–water partition coefficient (Wildman–Crippen LogP) is 4.28.